The molecule has 0 aromatic rings. The lowest BCUT2D eigenvalue weighted by Gasteiger charge is -2.13. The van der Waals surface area contributed by atoms with Crippen LogP contribution in [0.15, 0.2) is 17.3 Å². The first-order valence-corrected chi connectivity index (χ1v) is 4.15. The molecule has 1 atom stereocenters. The molecule has 0 N–H and O–H groups in total. The minimum atomic E-state index is 0.131. The third-order valence-electron chi connectivity index (χ3n) is 0.873. The fourth-order valence-electron chi connectivity index (χ4n) is 0.455. The highest BCUT2D eigenvalue weighted by molar-refractivity contribution is 14.1. The highest BCUT2D eigenvalue weighted by Gasteiger charge is 2.17. The van der Waals surface area contributed by atoms with Gasteiger partial charge in [0.15, 0.2) is 0 Å². The molecule has 8 heavy (non-hydrogen) atoms. The summed E-state index contributed by atoms with van der Waals surface area (Å²) in [7, 11) is 0. The van der Waals surface area contributed by atoms with Crippen LogP contribution in [-0.2, 0) is 0 Å². The molecular weight excluding hydrogens is 281 g/mol. The number of rotatable bonds is 0. The standard InChI is InChI=1S/C5H5BrIN/c6-5(7)1-3-8-4-2-5/h1,3-4H,2H2. The van der Waals surface area contributed by atoms with Gasteiger partial charge in [-0.25, -0.2) is 0 Å². The summed E-state index contributed by atoms with van der Waals surface area (Å²) in [6, 6.07) is 0. The molecule has 1 unspecified atom stereocenters. The first kappa shape index (κ1) is 6.74. The number of nitrogens with zero attached hydrogens (tertiary/aromatic N) is 1. The van der Waals surface area contributed by atoms with Crippen LogP contribution in [0.2, 0.25) is 0 Å². The molecule has 0 aromatic carbocycles. The van der Waals surface area contributed by atoms with Crippen molar-refractivity contribution in [2.24, 2.45) is 4.99 Å². The monoisotopic (exact) mass is 285 g/mol. The highest BCUT2D eigenvalue weighted by Crippen LogP contribution is 2.32. The first-order valence-electron chi connectivity index (χ1n) is 2.28. The lowest BCUT2D eigenvalue weighted by atomic mass is 10.3. The van der Waals surface area contributed by atoms with Crippen LogP contribution in [-0.4, -0.2) is 8.55 Å². The molecular formula is C5H5BrIN. The van der Waals surface area contributed by atoms with Gasteiger partial charge in [-0.1, -0.05) is 38.5 Å². The van der Waals surface area contributed by atoms with Crippen molar-refractivity contribution in [3.63, 3.8) is 0 Å². The summed E-state index contributed by atoms with van der Waals surface area (Å²) in [5.41, 5.74) is 0. The molecule has 0 saturated carbocycles. The predicted molar refractivity (Wildman–Crippen MR) is 47.9 cm³/mol. The second kappa shape index (κ2) is 2.47. The van der Waals surface area contributed by atoms with Crippen LogP contribution >= 0.6 is 38.5 Å². The Balaban J connectivity index is 2.65. The Morgan fingerprint density at radius 2 is 2.50 bits per heavy atom. The molecule has 1 rings (SSSR count). The van der Waals surface area contributed by atoms with E-state index in [1.54, 1.807) is 0 Å². The topological polar surface area (TPSA) is 12.4 Å². The van der Waals surface area contributed by atoms with Crippen molar-refractivity contribution in [2.75, 3.05) is 0 Å². The van der Waals surface area contributed by atoms with Gasteiger partial charge in [-0.3, -0.25) is 4.99 Å². The fourth-order valence-corrected chi connectivity index (χ4v) is 1.08. The maximum Gasteiger partial charge on any atom is 0.102 e. The summed E-state index contributed by atoms with van der Waals surface area (Å²) < 4.78 is 0.131. The van der Waals surface area contributed by atoms with Crippen molar-refractivity contribution < 1.29 is 0 Å². The second-order valence-corrected chi connectivity index (χ2v) is 6.44. The Bertz CT molecular complexity index is 139. The van der Waals surface area contributed by atoms with E-state index in [9.17, 15) is 0 Å². The van der Waals surface area contributed by atoms with Crippen molar-refractivity contribution in [1.29, 1.82) is 0 Å². The predicted octanol–water partition coefficient (Wildman–Crippen LogP) is 2.50. The third-order valence-corrected chi connectivity index (χ3v) is 2.26. The van der Waals surface area contributed by atoms with Gasteiger partial charge in [-0.05, 0) is 6.08 Å². The Labute approximate surface area is 70.5 Å². The Hall–Kier alpha value is 0.620. The average Bonchev–Trinajstić information content (AvgIpc) is 1.65. The van der Waals surface area contributed by atoms with Gasteiger partial charge in [0.25, 0.3) is 0 Å². The van der Waals surface area contributed by atoms with Crippen LogP contribution in [0, 0.1) is 0 Å². The van der Waals surface area contributed by atoms with Gasteiger partial charge in [-0.2, -0.15) is 0 Å². The van der Waals surface area contributed by atoms with Gasteiger partial charge in [0, 0.05) is 18.8 Å². The van der Waals surface area contributed by atoms with Crippen LogP contribution in [0.5, 0.6) is 0 Å². The maximum atomic E-state index is 3.93. The number of hydrogen-bond acceptors (Lipinski definition) is 1. The van der Waals surface area contributed by atoms with E-state index in [1.165, 1.54) is 0 Å². The highest BCUT2D eigenvalue weighted by atomic mass is 127. The quantitative estimate of drug-likeness (QED) is 0.479. The summed E-state index contributed by atoms with van der Waals surface area (Å²) in [4.78, 5) is 3.93. The average molecular weight is 286 g/mol. The van der Waals surface area contributed by atoms with E-state index in [-0.39, 0.29) is 2.33 Å². The molecule has 0 spiro atoms. The lowest BCUT2D eigenvalue weighted by Crippen LogP contribution is -2.08. The van der Waals surface area contributed by atoms with Crippen LogP contribution in [0.4, 0.5) is 0 Å². The van der Waals surface area contributed by atoms with E-state index >= 15 is 0 Å². The Morgan fingerprint density at radius 1 is 1.75 bits per heavy atom. The first-order chi connectivity index (χ1) is 3.71. The Morgan fingerprint density at radius 3 is 2.75 bits per heavy atom. The fraction of sp³-hybridized carbons (Fsp3) is 0.400. The largest absolute Gasteiger partial charge is 0.269 e. The molecule has 0 amide bonds. The molecule has 0 bridgehead atoms. The molecule has 44 valence electrons. The minimum absolute atomic E-state index is 0.131. The van der Waals surface area contributed by atoms with Crippen LogP contribution < -0.4 is 0 Å². The van der Waals surface area contributed by atoms with Gasteiger partial charge in [-0.15, -0.1) is 0 Å². The van der Waals surface area contributed by atoms with E-state index in [0.29, 0.717) is 0 Å². The number of alkyl halides is 2. The molecule has 1 nitrogen and oxygen atoms in total. The maximum absolute atomic E-state index is 3.93. The van der Waals surface area contributed by atoms with Crippen molar-refractivity contribution in [3.05, 3.63) is 12.3 Å². The number of halogens is 2. The summed E-state index contributed by atoms with van der Waals surface area (Å²) in [5, 5.41) is 0. The zero-order chi connectivity index (χ0) is 6.04. The number of hydrogen-bond donors (Lipinski definition) is 0. The van der Waals surface area contributed by atoms with Gasteiger partial charge in [0.2, 0.25) is 0 Å². The van der Waals surface area contributed by atoms with Crippen LogP contribution in [0.25, 0.3) is 0 Å². The van der Waals surface area contributed by atoms with Gasteiger partial charge in [0.05, 0.1) is 0 Å². The molecule has 1 aliphatic rings. The molecule has 0 radical (unpaired) electrons. The molecule has 0 aromatic heterocycles. The zero-order valence-corrected chi connectivity index (χ0v) is 7.89. The molecule has 3 heteroatoms. The third kappa shape index (κ3) is 1.85. The second-order valence-electron chi connectivity index (χ2n) is 1.61. The van der Waals surface area contributed by atoms with Gasteiger partial charge < -0.3 is 0 Å². The minimum Gasteiger partial charge on any atom is -0.269 e. The summed E-state index contributed by atoms with van der Waals surface area (Å²) in [6.07, 6.45) is 6.73. The molecule has 0 aliphatic carbocycles. The summed E-state index contributed by atoms with van der Waals surface area (Å²) in [6.45, 7) is 0. The van der Waals surface area contributed by atoms with E-state index in [4.69, 9.17) is 0 Å². The normalized spacial score (nSPS) is 35.8. The van der Waals surface area contributed by atoms with Crippen molar-refractivity contribution in [1.82, 2.24) is 0 Å². The number of aliphatic imine (C=N–C) groups is 1. The number of allylic oxidation sites excluding steroid dienone is 1. The zero-order valence-electron chi connectivity index (χ0n) is 4.14. The summed E-state index contributed by atoms with van der Waals surface area (Å²) in [5.74, 6) is 0. The molecule has 0 saturated heterocycles. The van der Waals surface area contributed by atoms with Gasteiger partial charge in [0.1, 0.15) is 2.33 Å². The molecule has 1 aliphatic heterocycles. The SMILES string of the molecule is BrC1(I)C=CN=CC1. The van der Waals surface area contributed by atoms with Crippen molar-refractivity contribution in [3.8, 4) is 0 Å². The van der Waals surface area contributed by atoms with E-state index in [2.05, 4.69) is 43.5 Å². The smallest absolute Gasteiger partial charge is 0.102 e. The van der Waals surface area contributed by atoms with Crippen molar-refractivity contribution in [2.45, 2.75) is 8.75 Å². The summed E-state index contributed by atoms with van der Waals surface area (Å²) >= 11 is 5.83. The van der Waals surface area contributed by atoms with E-state index in [0.717, 1.165) is 6.42 Å². The molecule has 1 heterocycles. The van der Waals surface area contributed by atoms with Crippen molar-refractivity contribution >= 4 is 44.7 Å². The Kier molecular flexibility index (Phi) is 2.08. The van der Waals surface area contributed by atoms with Gasteiger partial charge >= 0.3 is 0 Å². The molecule has 0 fully saturated rings. The van der Waals surface area contributed by atoms with E-state index < -0.39 is 0 Å². The van der Waals surface area contributed by atoms with E-state index in [1.807, 2.05) is 18.5 Å². The van der Waals surface area contributed by atoms with Crippen LogP contribution in [0.1, 0.15) is 6.42 Å². The van der Waals surface area contributed by atoms with Crippen LogP contribution in [0.3, 0.4) is 0 Å². The lowest BCUT2D eigenvalue weighted by molar-refractivity contribution is 1.09.